The summed E-state index contributed by atoms with van der Waals surface area (Å²) in [4.78, 5) is 2.54. The summed E-state index contributed by atoms with van der Waals surface area (Å²) in [5.41, 5.74) is 0. The summed E-state index contributed by atoms with van der Waals surface area (Å²) in [5.74, 6) is 1.01. The van der Waals surface area contributed by atoms with Crippen molar-refractivity contribution in [2.24, 2.45) is 0 Å². The van der Waals surface area contributed by atoms with Crippen LogP contribution in [0.15, 0.2) is 42.5 Å². The van der Waals surface area contributed by atoms with Crippen LogP contribution in [0.5, 0.6) is 5.75 Å². The molecule has 3 heteroatoms. The van der Waals surface area contributed by atoms with Crippen LogP contribution in [0, 0.1) is 0 Å². The van der Waals surface area contributed by atoms with E-state index < -0.39 is 0 Å². The lowest BCUT2D eigenvalue weighted by Crippen LogP contribution is -2.43. The van der Waals surface area contributed by atoms with E-state index in [0.717, 1.165) is 31.9 Å². The fourth-order valence-corrected chi connectivity index (χ4v) is 2.88. The second-order valence-corrected chi connectivity index (χ2v) is 5.62. The first-order valence-electron chi connectivity index (χ1n) is 7.97. The van der Waals surface area contributed by atoms with Crippen LogP contribution in [0.2, 0.25) is 0 Å². The Hall–Kier alpha value is -1.58. The minimum Gasteiger partial charge on any atom is -0.493 e. The van der Waals surface area contributed by atoms with E-state index in [1.165, 1.54) is 36.8 Å². The Kier molecular flexibility index (Phi) is 5.08. The Morgan fingerprint density at radius 2 is 1.76 bits per heavy atom. The van der Waals surface area contributed by atoms with Gasteiger partial charge in [0.15, 0.2) is 0 Å². The van der Waals surface area contributed by atoms with Gasteiger partial charge in [-0.3, -0.25) is 0 Å². The number of fused-ring (bicyclic) bond motifs is 1. The smallest absolute Gasteiger partial charge is 0.127 e. The fraction of sp³-hybridized carbons (Fsp3) is 0.444. The summed E-state index contributed by atoms with van der Waals surface area (Å²) in [6, 6.07) is 14.7. The minimum absolute atomic E-state index is 0.806. The lowest BCUT2D eigenvalue weighted by Gasteiger charge is -2.27. The van der Waals surface area contributed by atoms with Crippen molar-refractivity contribution < 1.29 is 4.74 Å². The van der Waals surface area contributed by atoms with E-state index in [1.54, 1.807) is 0 Å². The monoisotopic (exact) mass is 284 g/mol. The molecule has 0 aromatic heterocycles. The molecule has 2 aromatic rings. The zero-order valence-electron chi connectivity index (χ0n) is 12.6. The van der Waals surface area contributed by atoms with E-state index in [0.29, 0.717) is 0 Å². The molecule has 0 spiro atoms. The molecular weight excluding hydrogens is 260 g/mol. The number of piperazine rings is 1. The maximum atomic E-state index is 5.98. The molecule has 3 nitrogen and oxygen atoms in total. The highest BCUT2D eigenvalue weighted by atomic mass is 16.5. The quantitative estimate of drug-likeness (QED) is 0.826. The zero-order chi connectivity index (χ0) is 14.3. The van der Waals surface area contributed by atoms with E-state index >= 15 is 0 Å². The van der Waals surface area contributed by atoms with Crippen molar-refractivity contribution >= 4 is 10.8 Å². The topological polar surface area (TPSA) is 24.5 Å². The van der Waals surface area contributed by atoms with Gasteiger partial charge >= 0.3 is 0 Å². The Morgan fingerprint density at radius 3 is 2.67 bits per heavy atom. The molecular formula is C18H24N2O. The van der Waals surface area contributed by atoms with Gasteiger partial charge in [0.05, 0.1) is 6.61 Å². The van der Waals surface area contributed by atoms with Crippen LogP contribution < -0.4 is 10.1 Å². The number of rotatable bonds is 6. The second kappa shape index (κ2) is 7.43. The highest BCUT2D eigenvalue weighted by Crippen LogP contribution is 2.25. The maximum absolute atomic E-state index is 5.98. The van der Waals surface area contributed by atoms with Crippen LogP contribution in [0.4, 0.5) is 0 Å². The standard InChI is InChI=1S/C18H24N2O/c1-2-8-17-16(6-1)7-5-9-18(17)21-15-4-3-12-20-13-10-19-11-14-20/h1-2,5-9,19H,3-4,10-15H2. The Bertz CT molecular complexity index is 559. The lowest BCUT2D eigenvalue weighted by molar-refractivity contribution is 0.226. The minimum atomic E-state index is 0.806. The molecule has 0 atom stereocenters. The Labute approximate surface area is 126 Å². The number of unbranched alkanes of at least 4 members (excludes halogenated alkanes) is 1. The van der Waals surface area contributed by atoms with Crippen molar-refractivity contribution in [3.8, 4) is 5.75 Å². The molecule has 1 heterocycles. The number of benzene rings is 2. The Balaban J connectivity index is 1.44. The van der Waals surface area contributed by atoms with Crippen molar-refractivity contribution in [3.05, 3.63) is 42.5 Å². The molecule has 1 aliphatic rings. The molecule has 0 saturated carbocycles. The molecule has 0 radical (unpaired) electrons. The van der Waals surface area contributed by atoms with Crippen LogP contribution in [-0.4, -0.2) is 44.2 Å². The van der Waals surface area contributed by atoms with Crippen LogP contribution in [0.3, 0.4) is 0 Å². The van der Waals surface area contributed by atoms with Crippen molar-refractivity contribution in [1.82, 2.24) is 10.2 Å². The third-order valence-electron chi connectivity index (χ3n) is 4.09. The van der Waals surface area contributed by atoms with Gasteiger partial charge in [-0.15, -0.1) is 0 Å². The largest absolute Gasteiger partial charge is 0.493 e. The summed E-state index contributed by atoms with van der Waals surface area (Å²) in [6.45, 7) is 6.63. The molecule has 112 valence electrons. The number of hydrogen-bond donors (Lipinski definition) is 1. The average Bonchev–Trinajstić information content (AvgIpc) is 2.56. The third kappa shape index (κ3) is 3.96. The van der Waals surface area contributed by atoms with E-state index in [1.807, 2.05) is 0 Å². The van der Waals surface area contributed by atoms with Gasteiger partial charge in [-0.25, -0.2) is 0 Å². The lowest BCUT2D eigenvalue weighted by atomic mass is 10.1. The molecule has 2 aromatic carbocycles. The number of hydrogen-bond acceptors (Lipinski definition) is 3. The van der Waals surface area contributed by atoms with E-state index in [4.69, 9.17) is 4.74 Å². The van der Waals surface area contributed by atoms with Crippen molar-refractivity contribution in [1.29, 1.82) is 0 Å². The van der Waals surface area contributed by atoms with Gasteiger partial charge in [0.25, 0.3) is 0 Å². The van der Waals surface area contributed by atoms with Crippen molar-refractivity contribution in [2.75, 3.05) is 39.3 Å². The number of nitrogens with zero attached hydrogens (tertiary/aromatic N) is 1. The molecule has 1 aliphatic heterocycles. The van der Waals surface area contributed by atoms with E-state index in [-0.39, 0.29) is 0 Å². The van der Waals surface area contributed by atoms with Gasteiger partial charge in [0.2, 0.25) is 0 Å². The first kappa shape index (κ1) is 14.4. The van der Waals surface area contributed by atoms with Gasteiger partial charge in [-0.05, 0) is 30.8 Å². The molecule has 0 bridgehead atoms. The third-order valence-corrected chi connectivity index (χ3v) is 4.09. The molecule has 1 fully saturated rings. The number of nitrogens with one attached hydrogen (secondary N) is 1. The summed E-state index contributed by atoms with van der Waals surface area (Å²) in [6.07, 6.45) is 2.33. The van der Waals surface area contributed by atoms with Crippen molar-refractivity contribution in [2.45, 2.75) is 12.8 Å². The molecule has 3 rings (SSSR count). The second-order valence-electron chi connectivity index (χ2n) is 5.62. The molecule has 0 unspecified atom stereocenters. The fourth-order valence-electron chi connectivity index (χ4n) is 2.88. The summed E-state index contributed by atoms with van der Waals surface area (Å²) in [5, 5.41) is 5.84. The summed E-state index contributed by atoms with van der Waals surface area (Å²) < 4.78 is 5.98. The van der Waals surface area contributed by atoms with Crippen LogP contribution in [0.25, 0.3) is 10.8 Å². The van der Waals surface area contributed by atoms with E-state index in [9.17, 15) is 0 Å². The maximum Gasteiger partial charge on any atom is 0.127 e. The first-order chi connectivity index (χ1) is 10.4. The first-order valence-corrected chi connectivity index (χ1v) is 7.97. The highest BCUT2D eigenvalue weighted by Gasteiger charge is 2.08. The van der Waals surface area contributed by atoms with Gasteiger partial charge in [-0.2, -0.15) is 0 Å². The highest BCUT2D eigenvalue weighted by molar-refractivity contribution is 5.88. The normalized spacial score (nSPS) is 16.2. The van der Waals surface area contributed by atoms with Crippen LogP contribution in [-0.2, 0) is 0 Å². The molecule has 21 heavy (non-hydrogen) atoms. The van der Waals surface area contributed by atoms with Gasteiger partial charge in [0.1, 0.15) is 5.75 Å². The zero-order valence-corrected chi connectivity index (χ0v) is 12.6. The Morgan fingerprint density at radius 1 is 0.952 bits per heavy atom. The SMILES string of the molecule is c1ccc2c(OCCCCN3CCNCC3)cccc2c1. The van der Waals surface area contributed by atoms with Gasteiger partial charge in [0, 0.05) is 31.6 Å². The summed E-state index contributed by atoms with van der Waals surface area (Å²) >= 11 is 0. The predicted octanol–water partition coefficient (Wildman–Crippen LogP) is 2.90. The van der Waals surface area contributed by atoms with Gasteiger partial charge in [-0.1, -0.05) is 36.4 Å². The van der Waals surface area contributed by atoms with E-state index in [2.05, 4.69) is 52.7 Å². The molecule has 0 aliphatic carbocycles. The van der Waals surface area contributed by atoms with Crippen LogP contribution in [0.1, 0.15) is 12.8 Å². The predicted molar refractivity (Wildman–Crippen MR) is 88.0 cm³/mol. The average molecular weight is 284 g/mol. The van der Waals surface area contributed by atoms with Crippen LogP contribution >= 0.6 is 0 Å². The molecule has 1 saturated heterocycles. The molecule has 0 amide bonds. The summed E-state index contributed by atoms with van der Waals surface area (Å²) in [7, 11) is 0. The molecule has 1 N–H and O–H groups in total. The van der Waals surface area contributed by atoms with Crippen molar-refractivity contribution in [3.63, 3.8) is 0 Å². The number of ether oxygens (including phenoxy) is 1. The van der Waals surface area contributed by atoms with Gasteiger partial charge < -0.3 is 15.0 Å².